The maximum atomic E-state index is 13.8. The molecule has 0 aromatic heterocycles. The van der Waals surface area contributed by atoms with E-state index in [1.165, 1.54) is 0 Å². The quantitative estimate of drug-likeness (QED) is 0.580. The summed E-state index contributed by atoms with van der Waals surface area (Å²) in [6.07, 6.45) is 0.897. The topological polar surface area (TPSA) is 85.4 Å². The Kier molecular flexibility index (Phi) is 9.44. The summed E-state index contributed by atoms with van der Waals surface area (Å²) in [5.74, 6) is -0.0583. The van der Waals surface area contributed by atoms with Crippen LogP contribution < -0.4 is 5.32 Å². The van der Waals surface area contributed by atoms with E-state index in [0.29, 0.717) is 57.8 Å². The van der Waals surface area contributed by atoms with Crippen molar-refractivity contribution in [3.63, 3.8) is 0 Å². The molecule has 9 nitrogen and oxygen atoms in total. The van der Waals surface area contributed by atoms with Crippen LogP contribution in [0, 0.1) is 12.3 Å². The van der Waals surface area contributed by atoms with Crippen LogP contribution in [0.1, 0.15) is 49.5 Å². The van der Waals surface area contributed by atoms with Crippen LogP contribution >= 0.6 is 0 Å². The van der Waals surface area contributed by atoms with Gasteiger partial charge in [0.25, 0.3) is 5.91 Å². The lowest BCUT2D eigenvalue weighted by molar-refractivity contribution is -0.137. The number of carbonyl (C=O) groups excluding carboxylic acids is 3. The van der Waals surface area contributed by atoms with Crippen LogP contribution in [0.25, 0.3) is 0 Å². The van der Waals surface area contributed by atoms with Crippen LogP contribution in [-0.4, -0.2) is 122 Å². The third-order valence-corrected chi connectivity index (χ3v) is 7.76. The van der Waals surface area contributed by atoms with Crippen molar-refractivity contribution < 1.29 is 19.1 Å². The second kappa shape index (κ2) is 12.6. The van der Waals surface area contributed by atoms with Crippen molar-refractivity contribution in [1.29, 1.82) is 0 Å². The summed E-state index contributed by atoms with van der Waals surface area (Å²) in [4.78, 5) is 49.0. The Morgan fingerprint density at radius 1 is 1.03 bits per heavy atom. The molecule has 3 aliphatic rings. The smallest absolute Gasteiger partial charge is 0.254 e. The fraction of sp³-hybridized carbons (Fsp3) is 0.690. The summed E-state index contributed by atoms with van der Waals surface area (Å²) in [5.41, 5.74) is 1.51. The first-order valence-electron chi connectivity index (χ1n) is 14.1. The van der Waals surface area contributed by atoms with E-state index in [1.54, 1.807) is 4.90 Å². The fourth-order valence-corrected chi connectivity index (χ4v) is 5.60. The Bertz CT molecular complexity index is 964. The predicted molar refractivity (Wildman–Crippen MR) is 147 cm³/mol. The Hall–Kier alpha value is -2.49. The first kappa shape index (κ1) is 28.5. The lowest BCUT2D eigenvalue weighted by atomic mass is 9.91. The lowest BCUT2D eigenvalue weighted by Gasteiger charge is -2.34. The van der Waals surface area contributed by atoms with Crippen molar-refractivity contribution in [3.8, 4) is 0 Å². The monoisotopic (exact) mass is 527 g/mol. The minimum Gasteiger partial charge on any atom is -0.379 e. The molecule has 1 aromatic rings. The number of rotatable bonds is 7. The Morgan fingerprint density at radius 3 is 2.32 bits per heavy atom. The molecule has 0 spiro atoms. The van der Waals surface area contributed by atoms with Crippen molar-refractivity contribution in [1.82, 2.24) is 24.9 Å². The van der Waals surface area contributed by atoms with E-state index >= 15 is 0 Å². The number of ether oxygens (including phenoxy) is 1. The summed E-state index contributed by atoms with van der Waals surface area (Å²) in [7, 11) is 0. The summed E-state index contributed by atoms with van der Waals surface area (Å²) < 4.78 is 5.49. The molecule has 0 radical (unpaired) electrons. The first-order chi connectivity index (χ1) is 18.1. The summed E-state index contributed by atoms with van der Waals surface area (Å²) in [6.45, 7) is 15.8. The summed E-state index contributed by atoms with van der Waals surface area (Å²) in [6, 6.07) is 6.75. The zero-order chi connectivity index (χ0) is 27.3. The van der Waals surface area contributed by atoms with Gasteiger partial charge >= 0.3 is 0 Å². The second-order valence-electron chi connectivity index (χ2n) is 12.1. The van der Waals surface area contributed by atoms with Gasteiger partial charge in [0.2, 0.25) is 11.8 Å². The Morgan fingerprint density at radius 2 is 1.68 bits per heavy atom. The average Bonchev–Trinajstić information content (AvgIpc) is 3.33. The van der Waals surface area contributed by atoms with Gasteiger partial charge in [-0.25, -0.2) is 0 Å². The molecule has 3 amide bonds. The normalized spacial score (nSPS) is 22.9. The molecule has 9 heteroatoms. The number of morpholine rings is 1. The Balaban J connectivity index is 1.58. The van der Waals surface area contributed by atoms with Gasteiger partial charge in [-0.2, -0.15) is 0 Å². The largest absolute Gasteiger partial charge is 0.379 e. The Labute approximate surface area is 227 Å². The fourth-order valence-electron chi connectivity index (χ4n) is 5.60. The van der Waals surface area contributed by atoms with Gasteiger partial charge in [-0.3, -0.25) is 19.3 Å². The van der Waals surface area contributed by atoms with E-state index in [-0.39, 0.29) is 29.2 Å². The van der Waals surface area contributed by atoms with Gasteiger partial charge in [-0.05, 0) is 30.9 Å². The zero-order valence-electron chi connectivity index (χ0n) is 23.6. The molecule has 2 atom stereocenters. The van der Waals surface area contributed by atoms with E-state index in [0.717, 1.165) is 38.3 Å². The number of hydrogen-bond donors (Lipinski definition) is 1. The van der Waals surface area contributed by atoms with Gasteiger partial charge in [0.15, 0.2) is 0 Å². The van der Waals surface area contributed by atoms with E-state index < -0.39 is 6.04 Å². The van der Waals surface area contributed by atoms with Gasteiger partial charge < -0.3 is 24.8 Å². The maximum absolute atomic E-state index is 13.8. The van der Waals surface area contributed by atoms with Crippen LogP contribution in [-0.2, 0) is 14.3 Å². The number of hydrogen-bond acceptors (Lipinski definition) is 6. The van der Waals surface area contributed by atoms with E-state index in [4.69, 9.17) is 4.74 Å². The third kappa shape index (κ3) is 7.33. The SMILES string of the molecule is Cc1ccc(C(=O)N2CC(N(CCN3CCOCC3)C(=O)CC(C)(C)C)CC2C(=O)N2CCNCC2)cc1. The maximum Gasteiger partial charge on any atom is 0.254 e. The summed E-state index contributed by atoms with van der Waals surface area (Å²) >= 11 is 0. The van der Waals surface area contributed by atoms with Crippen LogP contribution in [0.5, 0.6) is 0 Å². The number of amides is 3. The van der Waals surface area contributed by atoms with Crippen molar-refractivity contribution in [3.05, 3.63) is 35.4 Å². The molecule has 2 unspecified atom stereocenters. The molecule has 0 aliphatic carbocycles. The van der Waals surface area contributed by atoms with E-state index in [1.807, 2.05) is 41.0 Å². The highest BCUT2D eigenvalue weighted by Gasteiger charge is 2.45. The molecule has 3 fully saturated rings. The minimum atomic E-state index is -0.569. The van der Waals surface area contributed by atoms with Crippen molar-refractivity contribution in [2.45, 2.75) is 52.6 Å². The van der Waals surface area contributed by atoms with Gasteiger partial charge in [-0.1, -0.05) is 38.5 Å². The van der Waals surface area contributed by atoms with Gasteiger partial charge in [0.1, 0.15) is 6.04 Å². The number of aryl methyl sites for hydroxylation is 1. The van der Waals surface area contributed by atoms with Crippen LogP contribution in [0.2, 0.25) is 0 Å². The highest BCUT2D eigenvalue weighted by Crippen LogP contribution is 2.29. The number of likely N-dealkylation sites (tertiary alicyclic amines) is 1. The number of piperazine rings is 1. The molecule has 38 heavy (non-hydrogen) atoms. The van der Waals surface area contributed by atoms with Crippen molar-refractivity contribution in [2.75, 3.05) is 72.1 Å². The van der Waals surface area contributed by atoms with Crippen molar-refractivity contribution >= 4 is 17.7 Å². The number of nitrogens with one attached hydrogen (secondary N) is 1. The predicted octanol–water partition coefficient (Wildman–Crippen LogP) is 1.61. The number of benzene rings is 1. The number of nitrogens with zero attached hydrogens (tertiary/aromatic N) is 4. The molecular formula is C29H45N5O4. The third-order valence-electron chi connectivity index (χ3n) is 7.76. The highest BCUT2D eigenvalue weighted by atomic mass is 16.5. The first-order valence-corrected chi connectivity index (χ1v) is 14.1. The molecule has 3 heterocycles. The van der Waals surface area contributed by atoms with Gasteiger partial charge in [-0.15, -0.1) is 0 Å². The summed E-state index contributed by atoms with van der Waals surface area (Å²) in [5, 5.41) is 3.30. The molecular weight excluding hydrogens is 482 g/mol. The molecule has 1 N–H and O–H groups in total. The molecule has 210 valence electrons. The average molecular weight is 528 g/mol. The van der Waals surface area contributed by atoms with Gasteiger partial charge in [0, 0.05) is 70.9 Å². The zero-order valence-corrected chi connectivity index (χ0v) is 23.6. The highest BCUT2D eigenvalue weighted by molar-refractivity contribution is 5.98. The second-order valence-corrected chi connectivity index (χ2v) is 12.1. The molecule has 4 rings (SSSR count). The van der Waals surface area contributed by atoms with Crippen LogP contribution in [0.15, 0.2) is 24.3 Å². The van der Waals surface area contributed by atoms with E-state index in [9.17, 15) is 14.4 Å². The molecule has 1 aromatic carbocycles. The standard InChI is InChI=1S/C29H45N5O4/c1-22-5-7-23(8-6-22)27(36)34-21-24(19-25(34)28(37)32-11-9-30-10-12-32)33(26(35)20-29(2,3)4)14-13-31-15-17-38-18-16-31/h5-8,24-25,30H,9-21H2,1-4H3. The van der Waals surface area contributed by atoms with Crippen molar-refractivity contribution in [2.24, 2.45) is 5.41 Å². The molecule has 0 bridgehead atoms. The lowest BCUT2D eigenvalue weighted by Crippen LogP contribution is -2.53. The molecule has 3 aliphatic heterocycles. The number of carbonyl (C=O) groups is 3. The van der Waals surface area contributed by atoms with Crippen LogP contribution in [0.4, 0.5) is 0 Å². The minimum absolute atomic E-state index is 0.00846. The van der Waals surface area contributed by atoms with Crippen LogP contribution in [0.3, 0.4) is 0 Å². The van der Waals surface area contributed by atoms with Gasteiger partial charge in [0.05, 0.1) is 19.3 Å². The molecule has 0 saturated carbocycles. The van der Waals surface area contributed by atoms with E-state index in [2.05, 4.69) is 31.0 Å². The molecule has 3 saturated heterocycles.